The van der Waals surface area contributed by atoms with Crippen LogP contribution in [0, 0.1) is 17.8 Å². The smallest absolute Gasteiger partial charge is 0.0454 e. The van der Waals surface area contributed by atoms with Gasteiger partial charge in [-0.2, -0.15) is 0 Å². The van der Waals surface area contributed by atoms with Crippen molar-refractivity contribution in [1.82, 2.24) is 5.32 Å². The number of fused-ring (bicyclic) bond motifs is 1. The third-order valence-corrected chi connectivity index (χ3v) is 5.59. The first-order valence-corrected chi connectivity index (χ1v) is 8.66. The van der Waals surface area contributed by atoms with Gasteiger partial charge in [-0.3, -0.25) is 0 Å². The SMILES string of the molecule is CCCNC(c1cc(Cl)ccc1Cl)C1C2CCCCC21. The molecule has 2 saturated carbocycles. The van der Waals surface area contributed by atoms with E-state index in [0.29, 0.717) is 6.04 Å². The van der Waals surface area contributed by atoms with E-state index < -0.39 is 0 Å². The van der Waals surface area contributed by atoms with Crippen LogP contribution in [0.5, 0.6) is 0 Å². The molecule has 0 bridgehead atoms. The van der Waals surface area contributed by atoms with Crippen LogP contribution in [-0.4, -0.2) is 6.54 Å². The summed E-state index contributed by atoms with van der Waals surface area (Å²) in [5.74, 6) is 2.58. The molecular weight excluding hydrogens is 289 g/mol. The molecule has 1 N–H and O–H groups in total. The molecule has 3 unspecified atom stereocenters. The maximum Gasteiger partial charge on any atom is 0.0454 e. The van der Waals surface area contributed by atoms with Crippen molar-refractivity contribution in [2.24, 2.45) is 17.8 Å². The van der Waals surface area contributed by atoms with Crippen LogP contribution < -0.4 is 5.32 Å². The summed E-state index contributed by atoms with van der Waals surface area (Å²) in [6.07, 6.45) is 6.76. The van der Waals surface area contributed by atoms with Crippen molar-refractivity contribution < 1.29 is 0 Å². The predicted molar refractivity (Wildman–Crippen MR) is 86.4 cm³/mol. The van der Waals surface area contributed by atoms with Crippen molar-refractivity contribution in [3.05, 3.63) is 33.8 Å². The molecule has 0 spiro atoms. The van der Waals surface area contributed by atoms with Crippen molar-refractivity contribution >= 4 is 23.2 Å². The molecular formula is C17H23Cl2N. The summed E-state index contributed by atoms with van der Waals surface area (Å²) in [6.45, 7) is 3.26. The number of rotatable bonds is 5. The largest absolute Gasteiger partial charge is 0.310 e. The highest BCUT2D eigenvalue weighted by Crippen LogP contribution is 2.60. The van der Waals surface area contributed by atoms with Crippen LogP contribution in [0.2, 0.25) is 10.0 Å². The summed E-state index contributed by atoms with van der Waals surface area (Å²) in [4.78, 5) is 0. The topological polar surface area (TPSA) is 12.0 Å². The van der Waals surface area contributed by atoms with Crippen molar-refractivity contribution in [2.75, 3.05) is 6.54 Å². The lowest BCUT2D eigenvalue weighted by Crippen LogP contribution is -2.25. The molecule has 1 nitrogen and oxygen atoms in total. The zero-order valence-corrected chi connectivity index (χ0v) is 13.6. The Morgan fingerprint density at radius 3 is 2.55 bits per heavy atom. The van der Waals surface area contributed by atoms with Gasteiger partial charge in [0.15, 0.2) is 0 Å². The average Bonchev–Trinajstić information content (AvgIpc) is 3.17. The Balaban J connectivity index is 1.84. The van der Waals surface area contributed by atoms with Crippen molar-refractivity contribution in [1.29, 1.82) is 0 Å². The second kappa shape index (κ2) is 6.25. The van der Waals surface area contributed by atoms with Gasteiger partial charge in [0.25, 0.3) is 0 Å². The zero-order valence-electron chi connectivity index (χ0n) is 12.0. The molecule has 3 heteroatoms. The van der Waals surface area contributed by atoms with Crippen LogP contribution in [0.1, 0.15) is 50.6 Å². The molecule has 0 saturated heterocycles. The first-order valence-electron chi connectivity index (χ1n) is 7.90. The number of hydrogen-bond acceptors (Lipinski definition) is 1. The Morgan fingerprint density at radius 2 is 1.90 bits per heavy atom. The average molecular weight is 312 g/mol. The fraction of sp³-hybridized carbons (Fsp3) is 0.647. The van der Waals surface area contributed by atoms with Crippen LogP contribution in [0.25, 0.3) is 0 Å². The molecule has 0 heterocycles. The summed E-state index contributed by atoms with van der Waals surface area (Å²) < 4.78 is 0. The van der Waals surface area contributed by atoms with E-state index in [0.717, 1.165) is 40.8 Å². The third kappa shape index (κ3) is 2.86. The summed E-state index contributed by atoms with van der Waals surface area (Å²) in [6, 6.07) is 6.26. The highest BCUT2D eigenvalue weighted by atomic mass is 35.5. The maximum atomic E-state index is 6.44. The molecule has 3 rings (SSSR count). The molecule has 2 fully saturated rings. The number of halogens is 2. The highest BCUT2D eigenvalue weighted by Gasteiger charge is 2.54. The van der Waals surface area contributed by atoms with Gasteiger partial charge in [-0.25, -0.2) is 0 Å². The number of nitrogens with one attached hydrogen (secondary N) is 1. The van der Waals surface area contributed by atoms with Gasteiger partial charge in [0, 0.05) is 16.1 Å². The lowest BCUT2D eigenvalue weighted by atomic mass is 9.99. The Bertz CT molecular complexity index is 462. The van der Waals surface area contributed by atoms with Gasteiger partial charge in [-0.1, -0.05) is 43.0 Å². The monoisotopic (exact) mass is 311 g/mol. The normalized spacial score (nSPS) is 29.9. The molecule has 2 aliphatic carbocycles. The van der Waals surface area contributed by atoms with E-state index in [1.54, 1.807) is 0 Å². The van der Waals surface area contributed by atoms with Crippen molar-refractivity contribution in [3.8, 4) is 0 Å². The Kier molecular flexibility index (Phi) is 4.59. The second-order valence-electron chi connectivity index (χ2n) is 6.29. The Hall–Kier alpha value is -0.240. The van der Waals surface area contributed by atoms with Gasteiger partial charge in [-0.15, -0.1) is 0 Å². The van der Waals surface area contributed by atoms with E-state index in [1.807, 2.05) is 12.1 Å². The van der Waals surface area contributed by atoms with Crippen molar-refractivity contribution in [2.45, 2.75) is 45.1 Å². The van der Waals surface area contributed by atoms with Crippen LogP contribution in [0.15, 0.2) is 18.2 Å². The zero-order chi connectivity index (χ0) is 14.1. The first-order chi connectivity index (χ1) is 9.72. The van der Waals surface area contributed by atoms with E-state index >= 15 is 0 Å². The summed E-state index contributed by atoms with van der Waals surface area (Å²) in [5.41, 5.74) is 1.20. The van der Waals surface area contributed by atoms with E-state index in [-0.39, 0.29) is 0 Å². The van der Waals surface area contributed by atoms with E-state index in [2.05, 4.69) is 18.3 Å². The Morgan fingerprint density at radius 1 is 1.20 bits per heavy atom. The van der Waals surface area contributed by atoms with Crippen LogP contribution in [-0.2, 0) is 0 Å². The van der Waals surface area contributed by atoms with Crippen LogP contribution >= 0.6 is 23.2 Å². The molecule has 0 amide bonds. The lowest BCUT2D eigenvalue weighted by molar-refractivity contribution is 0.446. The summed E-state index contributed by atoms with van der Waals surface area (Å²) >= 11 is 12.6. The van der Waals surface area contributed by atoms with Crippen LogP contribution in [0.3, 0.4) is 0 Å². The van der Waals surface area contributed by atoms with Gasteiger partial charge in [0.2, 0.25) is 0 Å². The standard InChI is InChI=1S/C17H23Cl2N/c1-2-9-20-17(14-10-11(18)7-8-15(14)19)16-12-5-3-4-6-13(12)16/h7-8,10,12-13,16-17,20H,2-6,9H2,1H3. The fourth-order valence-electron chi connectivity index (χ4n) is 4.05. The quantitative estimate of drug-likeness (QED) is 0.760. The molecule has 1 aromatic carbocycles. The molecule has 1 aromatic rings. The van der Waals surface area contributed by atoms with Gasteiger partial charge in [0.05, 0.1) is 0 Å². The van der Waals surface area contributed by atoms with Gasteiger partial charge < -0.3 is 5.32 Å². The predicted octanol–water partition coefficient (Wildman–Crippen LogP) is 5.47. The van der Waals surface area contributed by atoms with Crippen LogP contribution in [0.4, 0.5) is 0 Å². The van der Waals surface area contributed by atoms with E-state index in [9.17, 15) is 0 Å². The van der Waals surface area contributed by atoms with Gasteiger partial charge in [0.1, 0.15) is 0 Å². The Labute approximate surface area is 132 Å². The van der Waals surface area contributed by atoms with Crippen molar-refractivity contribution in [3.63, 3.8) is 0 Å². The fourth-order valence-corrected chi connectivity index (χ4v) is 4.46. The molecule has 0 aromatic heterocycles. The second-order valence-corrected chi connectivity index (χ2v) is 7.13. The minimum absolute atomic E-state index is 0.384. The molecule has 110 valence electrons. The summed E-state index contributed by atoms with van der Waals surface area (Å²) in [5, 5.41) is 5.37. The van der Waals surface area contributed by atoms with Gasteiger partial charge in [-0.05, 0) is 67.3 Å². The van der Waals surface area contributed by atoms with Gasteiger partial charge >= 0.3 is 0 Å². The molecule has 0 radical (unpaired) electrons. The minimum atomic E-state index is 0.384. The highest BCUT2D eigenvalue weighted by molar-refractivity contribution is 6.33. The third-order valence-electron chi connectivity index (χ3n) is 5.02. The van der Waals surface area contributed by atoms with E-state index in [1.165, 1.54) is 31.2 Å². The molecule has 0 aliphatic heterocycles. The maximum absolute atomic E-state index is 6.44. The lowest BCUT2D eigenvalue weighted by Gasteiger charge is -2.21. The molecule has 20 heavy (non-hydrogen) atoms. The molecule has 3 atom stereocenters. The number of hydrogen-bond donors (Lipinski definition) is 1. The van der Waals surface area contributed by atoms with E-state index in [4.69, 9.17) is 23.2 Å². The minimum Gasteiger partial charge on any atom is -0.310 e. The summed E-state index contributed by atoms with van der Waals surface area (Å²) in [7, 11) is 0. The first kappa shape index (κ1) is 14.7. The molecule has 2 aliphatic rings. The number of benzene rings is 1.